The number of benzene rings is 1. The minimum absolute atomic E-state index is 0.0349. The molecule has 120 valence electrons. The molecule has 1 aromatic carbocycles. The third-order valence-electron chi connectivity index (χ3n) is 3.35. The van der Waals surface area contributed by atoms with Gasteiger partial charge in [-0.1, -0.05) is 32.6 Å². The van der Waals surface area contributed by atoms with E-state index in [1.54, 1.807) is 19.1 Å². The summed E-state index contributed by atoms with van der Waals surface area (Å²) in [5, 5.41) is 14.6. The zero-order valence-corrected chi connectivity index (χ0v) is 13.2. The molecule has 1 amide bonds. The van der Waals surface area contributed by atoms with Crippen LogP contribution in [0.5, 0.6) is 0 Å². The number of non-ortho nitro benzene ring substituents is 1. The molecule has 0 unspecified atom stereocenters. The molecule has 0 heterocycles. The van der Waals surface area contributed by atoms with Crippen molar-refractivity contribution in [1.82, 2.24) is 5.43 Å². The van der Waals surface area contributed by atoms with E-state index in [0.29, 0.717) is 12.1 Å². The van der Waals surface area contributed by atoms with Gasteiger partial charge in [-0.2, -0.15) is 5.10 Å². The van der Waals surface area contributed by atoms with Gasteiger partial charge in [0.05, 0.1) is 10.6 Å². The molecule has 0 saturated carbocycles. The second kappa shape index (κ2) is 9.65. The number of nitro benzene ring substituents is 1. The van der Waals surface area contributed by atoms with E-state index in [-0.39, 0.29) is 11.6 Å². The maximum Gasteiger partial charge on any atom is 0.269 e. The number of hydrogen-bond acceptors (Lipinski definition) is 4. The van der Waals surface area contributed by atoms with Crippen LogP contribution in [0.15, 0.2) is 29.4 Å². The van der Waals surface area contributed by atoms with E-state index in [1.807, 2.05) is 0 Å². The number of carbonyl (C=O) groups is 1. The molecule has 0 atom stereocenters. The number of unbranched alkanes of at least 4 members (excludes halogenated alkanes) is 4. The largest absolute Gasteiger partial charge is 0.273 e. The smallest absolute Gasteiger partial charge is 0.269 e. The number of amides is 1. The summed E-state index contributed by atoms with van der Waals surface area (Å²) in [4.78, 5) is 21.8. The summed E-state index contributed by atoms with van der Waals surface area (Å²) in [6.45, 7) is 3.91. The number of hydrazone groups is 1. The van der Waals surface area contributed by atoms with Crippen molar-refractivity contribution in [3.05, 3.63) is 39.9 Å². The van der Waals surface area contributed by atoms with Crippen LogP contribution in [-0.4, -0.2) is 16.5 Å². The Hall–Kier alpha value is -2.24. The number of hydrogen-bond donors (Lipinski definition) is 1. The van der Waals surface area contributed by atoms with Gasteiger partial charge in [0.15, 0.2) is 0 Å². The number of nitrogens with one attached hydrogen (secondary N) is 1. The highest BCUT2D eigenvalue weighted by Gasteiger charge is 2.06. The molecule has 0 aromatic heterocycles. The molecule has 1 aromatic rings. The minimum atomic E-state index is -0.448. The first-order chi connectivity index (χ1) is 10.5. The number of nitro groups is 1. The molecule has 0 aliphatic carbocycles. The lowest BCUT2D eigenvalue weighted by atomic mass is 10.1. The summed E-state index contributed by atoms with van der Waals surface area (Å²) < 4.78 is 0. The topological polar surface area (TPSA) is 84.6 Å². The van der Waals surface area contributed by atoms with Crippen LogP contribution in [0.4, 0.5) is 5.69 Å². The lowest BCUT2D eigenvalue weighted by Crippen LogP contribution is -2.18. The Morgan fingerprint density at radius 1 is 1.18 bits per heavy atom. The molecule has 0 aliphatic heterocycles. The highest BCUT2D eigenvalue weighted by Crippen LogP contribution is 2.12. The van der Waals surface area contributed by atoms with Crippen molar-refractivity contribution in [2.45, 2.75) is 52.4 Å². The third kappa shape index (κ3) is 6.47. The minimum Gasteiger partial charge on any atom is -0.273 e. The van der Waals surface area contributed by atoms with Crippen molar-refractivity contribution in [2.24, 2.45) is 5.10 Å². The van der Waals surface area contributed by atoms with E-state index >= 15 is 0 Å². The van der Waals surface area contributed by atoms with E-state index in [9.17, 15) is 14.9 Å². The Morgan fingerprint density at radius 2 is 1.82 bits per heavy atom. The molecule has 0 fully saturated rings. The number of carbonyl (C=O) groups excluding carboxylic acids is 1. The first-order valence-electron chi connectivity index (χ1n) is 7.62. The van der Waals surface area contributed by atoms with Gasteiger partial charge in [-0.25, -0.2) is 5.43 Å². The Kier molecular flexibility index (Phi) is 7.81. The van der Waals surface area contributed by atoms with Gasteiger partial charge in [0.25, 0.3) is 5.69 Å². The molecular weight excluding hydrogens is 282 g/mol. The molecule has 1 N–H and O–H groups in total. The average molecular weight is 305 g/mol. The van der Waals surface area contributed by atoms with Crippen LogP contribution in [0, 0.1) is 10.1 Å². The van der Waals surface area contributed by atoms with Crippen molar-refractivity contribution in [2.75, 3.05) is 0 Å². The van der Waals surface area contributed by atoms with Gasteiger partial charge < -0.3 is 0 Å². The highest BCUT2D eigenvalue weighted by molar-refractivity contribution is 5.99. The molecule has 0 radical (unpaired) electrons. The van der Waals surface area contributed by atoms with Crippen molar-refractivity contribution in [3.63, 3.8) is 0 Å². The fourth-order valence-electron chi connectivity index (χ4n) is 1.98. The fraction of sp³-hybridized carbons (Fsp3) is 0.500. The normalized spacial score (nSPS) is 11.3. The predicted octanol–water partition coefficient (Wildman–Crippen LogP) is 3.80. The van der Waals surface area contributed by atoms with Gasteiger partial charge in [0.1, 0.15) is 0 Å². The Bertz CT molecular complexity index is 524. The summed E-state index contributed by atoms with van der Waals surface area (Å²) in [6.07, 6.45) is 5.96. The summed E-state index contributed by atoms with van der Waals surface area (Å²) in [6, 6.07) is 6.08. The van der Waals surface area contributed by atoms with Gasteiger partial charge in [-0.15, -0.1) is 0 Å². The first-order valence-corrected chi connectivity index (χ1v) is 7.62. The first kappa shape index (κ1) is 17.8. The van der Waals surface area contributed by atoms with E-state index in [4.69, 9.17) is 0 Å². The van der Waals surface area contributed by atoms with Crippen LogP contribution >= 0.6 is 0 Å². The second-order valence-corrected chi connectivity index (χ2v) is 5.20. The Labute approximate surface area is 130 Å². The molecule has 6 nitrogen and oxygen atoms in total. The predicted molar refractivity (Wildman–Crippen MR) is 86.8 cm³/mol. The van der Waals surface area contributed by atoms with Gasteiger partial charge >= 0.3 is 0 Å². The summed E-state index contributed by atoms with van der Waals surface area (Å²) >= 11 is 0. The van der Waals surface area contributed by atoms with Gasteiger partial charge in [0, 0.05) is 18.6 Å². The van der Waals surface area contributed by atoms with Crippen LogP contribution in [-0.2, 0) is 4.79 Å². The molecule has 0 aliphatic rings. The highest BCUT2D eigenvalue weighted by atomic mass is 16.6. The van der Waals surface area contributed by atoms with E-state index in [2.05, 4.69) is 17.5 Å². The number of rotatable bonds is 9. The van der Waals surface area contributed by atoms with Crippen LogP contribution in [0.2, 0.25) is 0 Å². The van der Waals surface area contributed by atoms with Crippen LogP contribution < -0.4 is 5.43 Å². The number of nitrogens with zero attached hydrogens (tertiary/aromatic N) is 2. The molecular formula is C16H23N3O3. The van der Waals surface area contributed by atoms with Gasteiger partial charge in [-0.3, -0.25) is 14.9 Å². The summed E-state index contributed by atoms with van der Waals surface area (Å²) in [7, 11) is 0. The SMILES string of the molecule is CCCCCCCC(=O)N/N=C(\C)c1ccc([N+](=O)[O-])cc1. The van der Waals surface area contributed by atoms with Crippen molar-refractivity contribution >= 4 is 17.3 Å². The Balaban J connectivity index is 2.41. The third-order valence-corrected chi connectivity index (χ3v) is 3.35. The molecule has 6 heteroatoms. The van der Waals surface area contributed by atoms with Gasteiger partial charge in [-0.05, 0) is 31.0 Å². The van der Waals surface area contributed by atoms with Crippen molar-refractivity contribution in [1.29, 1.82) is 0 Å². The summed E-state index contributed by atoms with van der Waals surface area (Å²) in [5.41, 5.74) is 3.92. The van der Waals surface area contributed by atoms with Crippen molar-refractivity contribution in [3.8, 4) is 0 Å². The lowest BCUT2D eigenvalue weighted by Gasteiger charge is -2.03. The average Bonchev–Trinajstić information content (AvgIpc) is 2.52. The quantitative estimate of drug-likeness (QED) is 0.326. The van der Waals surface area contributed by atoms with E-state index in [1.165, 1.54) is 25.0 Å². The maximum absolute atomic E-state index is 11.6. The van der Waals surface area contributed by atoms with Crippen LogP contribution in [0.1, 0.15) is 57.9 Å². The van der Waals surface area contributed by atoms with E-state index < -0.39 is 4.92 Å². The van der Waals surface area contributed by atoms with Gasteiger partial charge in [0.2, 0.25) is 5.91 Å². The Morgan fingerprint density at radius 3 is 2.41 bits per heavy atom. The van der Waals surface area contributed by atoms with Crippen LogP contribution in [0.3, 0.4) is 0 Å². The maximum atomic E-state index is 11.6. The second-order valence-electron chi connectivity index (χ2n) is 5.20. The standard InChI is InChI=1S/C16H23N3O3/c1-3-4-5-6-7-8-16(20)18-17-13(2)14-9-11-15(12-10-14)19(21)22/h9-12H,3-8H2,1-2H3,(H,18,20)/b17-13+. The molecule has 0 spiro atoms. The molecule has 1 rings (SSSR count). The zero-order valence-electron chi connectivity index (χ0n) is 13.2. The fourth-order valence-corrected chi connectivity index (χ4v) is 1.98. The summed E-state index contributed by atoms with van der Waals surface area (Å²) in [5.74, 6) is -0.0993. The molecule has 0 saturated heterocycles. The zero-order chi connectivity index (χ0) is 16.4. The molecule has 0 bridgehead atoms. The monoisotopic (exact) mass is 305 g/mol. The van der Waals surface area contributed by atoms with Crippen molar-refractivity contribution < 1.29 is 9.72 Å². The van der Waals surface area contributed by atoms with E-state index in [0.717, 1.165) is 24.8 Å². The lowest BCUT2D eigenvalue weighted by molar-refractivity contribution is -0.384. The van der Waals surface area contributed by atoms with Crippen LogP contribution in [0.25, 0.3) is 0 Å². The molecule has 22 heavy (non-hydrogen) atoms.